The zero-order chi connectivity index (χ0) is 14.8. The van der Waals surface area contributed by atoms with E-state index in [1.807, 2.05) is 0 Å². The van der Waals surface area contributed by atoms with Crippen LogP contribution in [0, 0.1) is 0 Å². The van der Waals surface area contributed by atoms with E-state index in [2.05, 4.69) is 10.2 Å². The van der Waals surface area contributed by atoms with E-state index < -0.39 is 15.4 Å². The van der Waals surface area contributed by atoms with E-state index in [0.717, 1.165) is 0 Å². The fraction of sp³-hybridized carbons (Fsp3) is 0.167. The van der Waals surface area contributed by atoms with Crippen molar-refractivity contribution in [3.8, 4) is 0 Å². The molecule has 1 atom stereocenters. The van der Waals surface area contributed by atoms with Crippen LogP contribution < -0.4 is 11.5 Å². The quantitative estimate of drug-likeness (QED) is 0.446. The normalized spacial score (nSPS) is 19.2. The lowest BCUT2D eigenvalue weighted by atomic mass is 10.1. The molecule has 106 valence electrons. The predicted molar refractivity (Wildman–Crippen MR) is 77.0 cm³/mol. The Balaban J connectivity index is 2.11. The van der Waals surface area contributed by atoms with Gasteiger partial charge in [-0.25, -0.2) is 0 Å². The van der Waals surface area contributed by atoms with E-state index in [1.54, 1.807) is 24.3 Å². The Hall–Kier alpha value is -2.19. The summed E-state index contributed by atoms with van der Waals surface area (Å²) in [7, 11) is -4.07. The first-order valence-corrected chi connectivity index (χ1v) is 7.28. The smallest absolute Gasteiger partial charge is 0.271 e. The van der Waals surface area contributed by atoms with Gasteiger partial charge in [-0.05, 0) is 30.7 Å². The van der Waals surface area contributed by atoms with E-state index >= 15 is 0 Å². The summed E-state index contributed by atoms with van der Waals surface area (Å²) in [6.07, 6.45) is 4.59. The molecule has 1 aromatic carbocycles. The van der Waals surface area contributed by atoms with E-state index in [9.17, 15) is 8.42 Å². The number of rotatable bonds is 3. The molecule has 0 saturated carbocycles. The first-order chi connectivity index (χ1) is 9.36. The standard InChI is InChI=1S/C12H14N4O3S/c13-8-1-6-12(11(14)7-8)16-15-9-2-4-10(5-3-9)20(17,18)19/h1-4,6-7,10H,5,13-14H2,(H,17,18,19). The molecule has 2 rings (SSSR count). The highest BCUT2D eigenvalue weighted by Crippen LogP contribution is 2.26. The molecule has 0 aliphatic heterocycles. The van der Waals surface area contributed by atoms with Gasteiger partial charge in [-0.1, -0.05) is 12.2 Å². The lowest BCUT2D eigenvalue weighted by Crippen LogP contribution is -2.18. The number of benzene rings is 1. The number of allylic oxidation sites excluding steroid dienone is 2. The zero-order valence-electron chi connectivity index (χ0n) is 10.5. The SMILES string of the molecule is Nc1ccc(N=NC2=CCC(S(=O)(=O)O)C=C2)c(N)c1. The maximum Gasteiger partial charge on any atom is 0.271 e. The minimum absolute atomic E-state index is 0.154. The number of nitrogens with two attached hydrogens (primary N) is 2. The molecule has 1 unspecified atom stereocenters. The largest absolute Gasteiger partial charge is 0.399 e. The van der Waals surface area contributed by atoms with Crippen molar-refractivity contribution in [1.29, 1.82) is 0 Å². The van der Waals surface area contributed by atoms with Gasteiger partial charge in [0.1, 0.15) is 10.9 Å². The molecule has 20 heavy (non-hydrogen) atoms. The summed E-state index contributed by atoms with van der Waals surface area (Å²) in [6, 6.07) is 4.88. The summed E-state index contributed by atoms with van der Waals surface area (Å²) in [5.74, 6) is 0. The van der Waals surface area contributed by atoms with Gasteiger partial charge in [0, 0.05) is 5.69 Å². The number of anilines is 2. The summed E-state index contributed by atoms with van der Waals surface area (Å²) < 4.78 is 30.8. The van der Waals surface area contributed by atoms with Gasteiger partial charge < -0.3 is 11.5 Å². The second-order valence-electron chi connectivity index (χ2n) is 4.30. The van der Waals surface area contributed by atoms with Gasteiger partial charge >= 0.3 is 0 Å². The summed E-state index contributed by atoms with van der Waals surface area (Å²) in [6.45, 7) is 0. The Kier molecular flexibility index (Phi) is 3.86. The van der Waals surface area contributed by atoms with E-state index in [4.69, 9.17) is 16.0 Å². The third kappa shape index (κ3) is 3.43. The predicted octanol–water partition coefficient (Wildman–Crippen LogP) is 2.03. The van der Waals surface area contributed by atoms with Crippen molar-refractivity contribution in [3.63, 3.8) is 0 Å². The van der Waals surface area contributed by atoms with Crippen LogP contribution in [0.15, 0.2) is 52.4 Å². The molecular weight excluding hydrogens is 280 g/mol. The molecule has 0 bridgehead atoms. The molecule has 7 nitrogen and oxygen atoms in total. The maximum atomic E-state index is 10.9. The van der Waals surface area contributed by atoms with Crippen LogP contribution in [-0.2, 0) is 10.1 Å². The van der Waals surface area contributed by atoms with Gasteiger partial charge in [-0.15, -0.1) is 5.11 Å². The topological polar surface area (TPSA) is 131 Å². The molecule has 0 radical (unpaired) electrons. The average molecular weight is 294 g/mol. The van der Waals surface area contributed by atoms with Crippen molar-refractivity contribution in [2.45, 2.75) is 11.7 Å². The van der Waals surface area contributed by atoms with Crippen LogP contribution in [0.4, 0.5) is 17.1 Å². The van der Waals surface area contributed by atoms with Crippen molar-refractivity contribution < 1.29 is 13.0 Å². The summed E-state index contributed by atoms with van der Waals surface area (Å²) in [4.78, 5) is 0. The van der Waals surface area contributed by atoms with Crippen LogP contribution in [0.25, 0.3) is 0 Å². The summed E-state index contributed by atoms with van der Waals surface area (Å²) in [5, 5.41) is 7.01. The van der Waals surface area contributed by atoms with Crippen LogP contribution in [0.2, 0.25) is 0 Å². The monoisotopic (exact) mass is 294 g/mol. The van der Waals surface area contributed by atoms with Gasteiger partial charge in [0.25, 0.3) is 10.1 Å². The summed E-state index contributed by atoms with van der Waals surface area (Å²) in [5.41, 5.74) is 13.2. The highest BCUT2D eigenvalue weighted by atomic mass is 32.2. The van der Waals surface area contributed by atoms with Crippen molar-refractivity contribution in [2.75, 3.05) is 11.5 Å². The lowest BCUT2D eigenvalue weighted by molar-refractivity contribution is 0.474. The van der Waals surface area contributed by atoms with Crippen LogP contribution in [-0.4, -0.2) is 18.2 Å². The average Bonchev–Trinajstić information content (AvgIpc) is 2.37. The number of hydrogen-bond acceptors (Lipinski definition) is 6. The molecule has 0 heterocycles. The number of nitrogen functional groups attached to an aromatic ring is 2. The van der Waals surface area contributed by atoms with E-state index in [0.29, 0.717) is 22.8 Å². The van der Waals surface area contributed by atoms with Gasteiger partial charge in [0.05, 0.1) is 11.4 Å². The van der Waals surface area contributed by atoms with Crippen molar-refractivity contribution >= 4 is 27.2 Å². The molecule has 0 spiro atoms. The third-order valence-corrected chi connectivity index (χ3v) is 3.86. The molecule has 1 aliphatic carbocycles. The van der Waals surface area contributed by atoms with Crippen molar-refractivity contribution in [2.24, 2.45) is 10.2 Å². The highest BCUT2D eigenvalue weighted by molar-refractivity contribution is 7.86. The van der Waals surface area contributed by atoms with Crippen molar-refractivity contribution in [3.05, 3.63) is 42.1 Å². The van der Waals surface area contributed by atoms with Gasteiger partial charge in [0.2, 0.25) is 0 Å². The Bertz CT molecular complexity index is 707. The Morgan fingerprint density at radius 1 is 1.25 bits per heavy atom. The Morgan fingerprint density at radius 3 is 2.55 bits per heavy atom. The van der Waals surface area contributed by atoms with E-state index in [-0.39, 0.29) is 6.42 Å². The van der Waals surface area contributed by atoms with Gasteiger partial charge in [-0.2, -0.15) is 13.5 Å². The van der Waals surface area contributed by atoms with Crippen LogP contribution in [0.1, 0.15) is 6.42 Å². The molecule has 0 fully saturated rings. The Morgan fingerprint density at radius 2 is 2.00 bits per heavy atom. The highest BCUT2D eigenvalue weighted by Gasteiger charge is 2.21. The minimum Gasteiger partial charge on any atom is -0.399 e. The first kappa shape index (κ1) is 14.2. The third-order valence-electron chi connectivity index (χ3n) is 2.75. The number of nitrogens with zero attached hydrogens (tertiary/aromatic N) is 2. The van der Waals surface area contributed by atoms with E-state index in [1.165, 1.54) is 12.2 Å². The first-order valence-electron chi connectivity index (χ1n) is 5.77. The number of hydrogen-bond donors (Lipinski definition) is 3. The molecule has 1 aliphatic rings. The van der Waals surface area contributed by atoms with Crippen LogP contribution in [0.3, 0.4) is 0 Å². The molecule has 1 aromatic rings. The van der Waals surface area contributed by atoms with Crippen LogP contribution >= 0.6 is 0 Å². The molecule has 0 saturated heterocycles. The van der Waals surface area contributed by atoms with Gasteiger partial charge in [-0.3, -0.25) is 4.55 Å². The maximum absolute atomic E-state index is 10.9. The number of azo groups is 1. The lowest BCUT2D eigenvalue weighted by Gasteiger charge is -2.10. The molecule has 8 heteroatoms. The minimum atomic E-state index is -4.07. The second-order valence-corrected chi connectivity index (χ2v) is 5.93. The molecule has 0 aromatic heterocycles. The fourth-order valence-corrected chi connectivity index (χ4v) is 2.28. The summed E-state index contributed by atoms with van der Waals surface area (Å²) >= 11 is 0. The molecule has 5 N–H and O–H groups in total. The van der Waals surface area contributed by atoms with Crippen molar-refractivity contribution in [1.82, 2.24) is 0 Å². The Labute approximate surface area is 116 Å². The zero-order valence-corrected chi connectivity index (χ0v) is 11.3. The van der Waals surface area contributed by atoms with Gasteiger partial charge in [0.15, 0.2) is 0 Å². The second kappa shape index (κ2) is 5.43. The fourth-order valence-electron chi connectivity index (χ4n) is 1.66. The molecular formula is C12H14N4O3S. The molecule has 0 amide bonds. The van der Waals surface area contributed by atoms with Crippen LogP contribution in [0.5, 0.6) is 0 Å².